The van der Waals surface area contributed by atoms with Crippen LogP contribution in [0, 0.1) is 6.92 Å². The fraction of sp³-hybridized carbons (Fsp3) is 0.100. The summed E-state index contributed by atoms with van der Waals surface area (Å²) in [6.07, 6.45) is 0. The van der Waals surface area contributed by atoms with Crippen LogP contribution in [0.15, 0.2) is 37.1 Å². The highest BCUT2D eigenvalue weighted by Crippen LogP contribution is 2.33. The molecule has 5 nitrogen and oxygen atoms in total. The SMILES string of the molecule is Cc1nsc(Sc2cc(Br)ccc2/C(N)=N/O)n1. The van der Waals surface area contributed by atoms with Crippen LogP contribution < -0.4 is 5.73 Å². The van der Waals surface area contributed by atoms with Crippen LogP contribution in [-0.2, 0) is 0 Å². The van der Waals surface area contributed by atoms with E-state index in [4.69, 9.17) is 10.9 Å². The number of hydrogen-bond donors (Lipinski definition) is 2. The van der Waals surface area contributed by atoms with Crippen LogP contribution in [0.3, 0.4) is 0 Å². The fourth-order valence-corrected chi connectivity index (χ4v) is 3.56. The molecule has 1 aromatic heterocycles. The van der Waals surface area contributed by atoms with Gasteiger partial charge in [-0.1, -0.05) is 32.8 Å². The maximum atomic E-state index is 8.77. The van der Waals surface area contributed by atoms with Gasteiger partial charge in [-0.25, -0.2) is 4.98 Å². The first kappa shape index (κ1) is 13.3. The molecule has 0 spiro atoms. The first-order valence-electron chi connectivity index (χ1n) is 4.86. The molecule has 0 fully saturated rings. The summed E-state index contributed by atoms with van der Waals surface area (Å²) in [5, 5.41) is 11.8. The van der Waals surface area contributed by atoms with Gasteiger partial charge in [0.2, 0.25) is 0 Å². The van der Waals surface area contributed by atoms with Crippen molar-refractivity contribution in [2.24, 2.45) is 10.9 Å². The van der Waals surface area contributed by atoms with Gasteiger partial charge in [-0.3, -0.25) is 0 Å². The molecule has 2 aromatic rings. The molecule has 2 rings (SSSR count). The Labute approximate surface area is 120 Å². The lowest BCUT2D eigenvalue weighted by atomic mass is 10.2. The van der Waals surface area contributed by atoms with Gasteiger partial charge >= 0.3 is 0 Å². The predicted molar refractivity (Wildman–Crippen MR) is 75.4 cm³/mol. The lowest BCUT2D eigenvalue weighted by Gasteiger charge is -2.06. The minimum Gasteiger partial charge on any atom is -0.409 e. The molecular weight excluding hydrogens is 336 g/mol. The predicted octanol–water partition coefficient (Wildman–Crippen LogP) is 2.85. The van der Waals surface area contributed by atoms with E-state index in [1.54, 1.807) is 6.07 Å². The van der Waals surface area contributed by atoms with E-state index in [0.29, 0.717) is 5.56 Å². The van der Waals surface area contributed by atoms with Gasteiger partial charge < -0.3 is 10.9 Å². The van der Waals surface area contributed by atoms with E-state index < -0.39 is 0 Å². The highest BCUT2D eigenvalue weighted by Gasteiger charge is 2.11. The second-order valence-corrected chi connectivity index (χ2v) is 6.29. The van der Waals surface area contributed by atoms with E-state index in [-0.39, 0.29) is 5.84 Å². The number of hydrogen-bond acceptors (Lipinski definition) is 6. The molecule has 94 valence electrons. The molecule has 0 aliphatic carbocycles. The maximum Gasteiger partial charge on any atom is 0.174 e. The Bertz CT molecular complexity index is 599. The van der Waals surface area contributed by atoms with E-state index in [1.165, 1.54) is 23.3 Å². The Morgan fingerprint density at radius 2 is 2.33 bits per heavy atom. The molecule has 3 N–H and O–H groups in total. The van der Waals surface area contributed by atoms with Crippen molar-refractivity contribution >= 4 is 45.1 Å². The fourth-order valence-electron chi connectivity index (χ4n) is 1.26. The first-order valence-corrected chi connectivity index (χ1v) is 7.24. The van der Waals surface area contributed by atoms with Crippen LogP contribution >= 0.6 is 39.2 Å². The van der Waals surface area contributed by atoms with E-state index in [2.05, 4.69) is 30.4 Å². The van der Waals surface area contributed by atoms with Crippen molar-refractivity contribution in [2.75, 3.05) is 0 Å². The Balaban J connectivity index is 2.39. The number of rotatable bonds is 3. The molecule has 0 atom stereocenters. The van der Waals surface area contributed by atoms with Crippen LogP contribution in [0.5, 0.6) is 0 Å². The highest BCUT2D eigenvalue weighted by atomic mass is 79.9. The lowest BCUT2D eigenvalue weighted by Crippen LogP contribution is -2.14. The molecule has 0 aliphatic rings. The quantitative estimate of drug-likeness (QED) is 0.387. The van der Waals surface area contributed by atoms with Gasteiger partial charge in [-0.05, 0) is 36.7 Å². The maximum absolute atomic E-state index is 8.77. The molecule has 0 saturated heterocycles. The molecule has 0 amide bonds. The van der Waals surface area contributed by atoms with Crippen molar-refractivity contribution in [3.8, 4) is 0 Å². The van der Waals surface area contributed by atoms with Crippen LogP contribution in [0.25, 0.3) is 0 Å². The molecule has 0 unspecified atom stereocenters. The van der Waals surface area contributed by atoms with Crippen LogP contribution in [-0.4, -0.2) is 20.4 Å². The zero-order valence-electron chi connectivity index (χ0n) is 9.29. The van der Waals surface area contributed by atoms with Crippen LogP contribution in [0.2, 0.25) is 0 Å². The van der Waals surface area contributed by atoms with E-state index in [0.717, 1.165) is 19.5 Å². The molecule has 0 saturated carbocycles. The molecule has 0 radical (unpaired) electrons. The van der Waals surface area contributed by atoms with Crippen molar-refractivity contribution in [1.29, 1.82) is 0 Å². The third-order valence-corrected chi connectivity index (χ3v) is 4.43. The average Bonchev–Trinajstić information content (AvgIpc) is 2.74. The van der Waals surface area contributed by atoms with Gasteiger partial charge in [-0.2, -0.15) is 4.37 Å². The van der Waals surface area contributed by atoms with Gasteiger partial charge in [-0.15, -0.1) is 0 Å². The number of nitrogens with two attached hydrogens (primary N) is 1. The summed E-state index contributed by atoms with van der Waals surface area (Å²) in [7, 11) is 0. The normalized spacial score (nSPS) is 11.8. The largest absolute Gasteiger partial charge is 0.409 e. The summed E-state index contributed by atoms with van der Waals surface area (Å²) in [6.45, 7) is 1.84. The first-order chi connectivity index (χ1) is 8.60. The summed E-state index contributed by atoms with van der Waals surface area (Å²) >= 11 is 6.15. The van der Waals surface area contributed by atoms with Crippen molar-refractivity contribution in [3.05, 3.63) is 34.1 Å². The molecule has 8 heteroatoms. The second-order valence-electron chi connectivity index (χ2n) is 3.34. The van der Waals surface area contributed by atoms with Crippen molar-refractivity contribution < 1.29 is 5.21 Å². The topological polar surface area (TPSA) is 84.4 Å². The van der Waals surface area contributed by atoms with Gasteiger partial charge in [0.05, 0.1) is 0 Å². The Kier molecular flexibility index (Phi) is 4.20. The summed E-state index contributed by atoms with van der Waals surface area (Å²) in [4.78, 5) is 5.13. The Morgan fingerprint density at radius 1 is 1.56 bits per heavy atom. The zero-order chi connectivity index (χ0) is 13.1. The van der Waals surface area contributed by atoms with Gasteiger partial charge in [0.25, 0.3) is 0 Å². The van der Waals surface area contributed by atoms with Crippen molar-refractivity contribution in [2.45, 2.75) is 16.2 Å². The van der Waals surface area contributed by atoms with E-state index >= 15 is 0 Å². The number of aryl methyl sites for hydroxylation is 1. The number of benzene rings is 1. The van der Waals surface area contributed by atoms with Gasteiger partial charge in [0.1, 0.15) is 5.82 Å². The monoisotopic (exact) mass is 344 g/mol. The summed E-state index contributed by atoms with van der Waals surface area (Å²) < 4.78 is 5.85. The third-order valence-electron chi connectivity index (χ3n) is 2.03. The average molecular weight is 345 g/mol. The Morgan fingerprint density at radius 3 is 2.94 bits per heavy atom. The van der Waals surface area contributed by atoms with Gasteiger partial charge in [0, 0.05) is 14.9 Å². The summed E-state index contributed by atoms with van der Waals surface area (Å²) in [6, 6.07) is 5.52. The minimum absolute atomic E-state index is 0.0752. The number of halogens is 1. The van der Waals surface area contributed by atoms with E-state index in [9.17, 15) is 0 Å². The number of aromatic nitrogens is 2. The minimum atomic E-state index is 0.0752. The molecular formula is C10H9BrN4OS2. The number of amidine groups is 1. The molecule has 0 aliphatic heterocycles. The molecule has 1 heterocycles. The summed E-state index contributed by atoms with van der Waals surface area (Å²) in [5.41, 5.74) is 6.31. The molecule has 18 heavy (non-hydrogen) atoms. The van der Waals surface area contributed by atoms with Crippen molar-refractivity contribution in [1.82, 2.24) is 9.36 Å². The lowest BCUT2D eigenvalue weighted by molar-refractivity contribution is 0.318. The molecule has 0 bridgehead atoms. The smallest absolute Gasteiger partial charge is 0.174 e. The van der Waals surface area contributed by atoms with Gasteiger partial charge in [0.15, 0.2) is 10.2 Å². The highest BCUT2D eigenvalue weighted by molar-refractivity contribution is 9.10. The number of nitrogens with zero attached hydrogens (tertiary/aromatic N) is 3. The third kappa shape index (κ3) is 3.01. The molecule has 1 aromatic carbocycles. The van der Waals surface area contributed by atoms with Crippen LogP contribution in [0.1, 0.15) is 11.4 Å². The summed E-state index contributed by atoms with van der Waals surface area (Å²) in [5.74, 6) is 0.814. The van der Waals surface area contributed by atoms with Crippen LogP contribution in [0.4, 0.5) is 0 Å². The van der Waals surface area contributed by atoms with Crippen molar-refractivity contribution in [3.63, 3.8) is 0 Å². The number of oxime groups is 1. The second kappa shape index (κ2) is 5.68. The zero-order valence-corrected chi connectivity index (χ0v) is 12.5. The van der Waals surface area contributed by atoms with E-state index in [1.807, 2.05) is 19.1 Å². The Hall–Kier alpha value is -1.12. The standard InChI is InChI=1S/C10H9BrN4OS2/c1-5-13-10(18-15-5)17-8-4-6(11)2-3-7(8)9(12)14-16/h2-4,16H,1H3,(H2,12,14).